The number of nitrogens with zero attached hydrogens (tertiary/aromatic N) is 2. The highest BCUT2D eigenvalue weighted by Gasteiger charge is 2.23. The molecule has 0 aliphatic carbocycles. The fourth-order valence-electron chi connectivity index (χ4n) is 2.59. The Balaban J connectivity index is 1.66. The van der Waals surface area contributed by atoms with Crippen molar-refractivity contribution in [3.8, 4) is 0 Å². The van der Waals surface area contributed by atoms with Crippen LogP contribution in [0.2, 0.25) is 0 Å². The molecule has 1 aromatic heterocycles. The minimum atomic E-state index is -0.101. The zero-order valence-corrected chi connectivity index (χ0v) is 12.7. The summed E-state index contributed by atoms with van der Waals surface area (Å²) in [7, 11) is 0. The van der Waals surface area contributed by atoms with E-state index in [1.165, 1.54) is 11.3 Å². The maximum atomic E-state index is 12.3. The van der Waals surface area contributed by atoms with E-state index in [0.29, 0.717) is 23.9 Å². The summed E-state index contributed by atoms with van der Waals surface area (Å²) in [5.74, 6) is 0.226. The number of aromatic nitrogens is 1. The van der Waals surface area contributed by atoms with E-state index in [4.69, 9.17) is 10.5 Å². The Bertz CT molecular complexity index is 495. The number of nitrogens with one attached hydrogen (secondary N) is 2. The Morgan fingerprint density at radius 2 is 2.10 bits per heavy atom. The minimum absolute atomic E-state index is 0.101. The van der Waals surface area contributed by atoms with Crippen molar-refractivity contribution in [1.29, 1.82) is 0 Å². The lowest BCUT2D eigenvalue weighted by molar-refractivity contribution is 0.0934. The van der Waals surface area contributed by atoms with Gasteiger partial charge in [0.25, 0.3) is 5.91 Å². The summed E-state index contributed by atoms with van der Waals surface area (Å²) in [6.45, 7) is 4.86. The monoisotopic (exact) mass is 311 g/mol. The van der Waals surface area contributed by atoms with Crippen LogP contribution in [0.5, 0.6) is 0 Å². The van der Waals surface area contributed by atoms with Crippen molar-refractivity contribution in [2.45, 2.75) is 18.9 Å². The normalized spacial score (nSPS) is 20.5. The van der Waals surface area contributed by atoms with Gasteiger partial charge < -0.3 is 26.0 Å². The summed E-state index contributed by atoms with van der Waals surface area (Å²) in [4.78, 5) is 19.3. The second-order valence-electron chi connectivity index (χ2n) is 5.31. The fourth-order valence-corrected chi connectivity index (χ4v) is 3.53. The van der Waals surface area contributed by atoms with Crippen LogP contribution in [0.3, 0.4) is 0 Å². The Labute approximate surface area is 127 Å². The molecule has 0 atom stereocenters. The van der Waals surface area contributed by atoms with Gasteiger partial charge in [0.15, 0.2) is 5.13 Å². The van der Waals surface area contributed by atoms with Crippen LogP contribution in [0.1, 0.15) is 22.5 Å². The summed E-state index contributed by atoms with van der Waals surface area (Å²) in [6.07, 6.45) is 1.92. The number of ether oxygens (including phenoxy) is 1. The number of thiazole rings is 1. The smallest absolute Gasteiger partial charge is 0.265 e. The zero-order chi connectivity index (χ0) is 14.7. The Morgan fingerprint density at radius 1 is 1.38 bits per heavy atom. The van der Waals surface area contributed by atoms with Crippen molar-refractivity contribution in [3.05, 3.63) is 4.88 Å². The van der Waals surface area contributed by atoms with Crippen molar-refractivity contribution in [3.63, 3.8) is 0 Å². The lowest BCUT2D eigenvalue weighted by atomic mass is 10.1. The van der Waals surface area contributed by atoms with E-state index in [1.807, 2.05) is 0 Å². The number of anilines is 2. The second-order valence-corrected chi connectivity index (χ2v) is 6.29. The van der Waals surface area contributed by atoms with Gasteiger partial charge in [0.1, 0.15) is 10.7 Å². The van der Waals surface area contributed by atoms with Gasteiger partial charge in [0.2, 0.25) is 0 Å². The Kier molecular flexibility index (Phi) is 4.57. The number of carbonyl (C=O) groups is 1. The van der Waals surface area contributed by atoms with Crippen molar-refractivity contribution >= 4 is 28.2 Å². The van der Waals surface area contributed by atoms with E-state index < -0.39 is 0 Å². The minimum Gasteiger partial charge on any atom is -0.382 e. The number of amides is 1. The molecule has 0 unspecified atom stereocenters. The number of morpholine rings is 1. The topological polar surface area (TPSA) is 92.5 Å². The highest BCUT2D eigenvalue weighted by molar-refractivity contribution is 7.18. The molecule has 21 heavy (non-hydrogen) atoms. The summed E-state index contributed by atoms with van der Waals surface area (Å²) in [5.41, 5.74) is 5.92. The molecule has 2 saturated heterocycles. The lowest BCUT2D eigenvalue weighted by Crippen LogP contribution is -2.42. The van der Waals surface area contributed by atoms with Gasteiger partial charge in [-0.25, -0.2) is 4.98 Å². The molecule has 0 bridgehead atoms. The Hall–Kier alpha value is -1.38. The first-order chi connectivity index (χ1) is 10.2. The van der Waals surface area contributed by atoms with Gasteiger partial charge in [0.05, 0.1) is 13.2 Å². The highest BCUT2D eigenvalue weighted by atomic mass is 32.1. The second kappa shape index (κ2) is 6.59. The van der Waals surface area contributed by atoms with Crippen LogP contribution in [0.4, 0.5) is 10.9 Å². The molecule has 0 spiro atoms. The maximum absolute atomic E-state index is 12.3. The van der Waals surface area contributed by atoms with E-state index >= 15 is 0 Å². The van der Waals surface area contributed by atoms with Crippen LogP contribution in [-0.4, -0.2) is 56.3 Å². The molecule has 7 nitrogen and oxygen atoms in total. The quantitative estimate of drug-likeness (QED) is 0.730. The number of carbonyl (C=O) groups excluding carboxylic acids is 1. The van der Waals surface area contributed by atoms with Crippen molar-refractivity contribution in [1.82, 2.24) is 15.6 Å². The molecule has 3 rings (SSSR count). The highest BCUT2D eigenvalue weighted by Crippen LogP contribution is 2.28. The molecule has 0 radical (unpaired) electrons. The fraction of sp³-hybridized carbons (Fsp3) is 0.692. The van der Waals surface area contributed by atoms with Crippen LogP contribution in [0.15, 0.2) is 0 Å². The largest absolute Gasteiger partial charge is 0.382 e. The zero-order valence-electron chi connectivity index (χ0n) is 11.9. The average Bonchev–Trinajstić information content (AvgIpc) is 2.91. The third-order valence-corrected chi connectivity index (χ3v) is 4.94. The van der Waals surface area contributed by atoms with Crippen molar-refractivity contribution < 1.29 is 9.53 Å². The first-order valence-electron chi connectivity index (χ1n) is 7.34. The van der Waals surface area contributed by atoms with Gasteiger partial charge in [0, 0.05) is 19.1 Å². The van der Waals surface area contributed by atoms with Crippen molar-refractivity contribution in [2.24, 2.45) is 0 Å². The van der Waals surface area contributed by atoms with Crippen LogP contribution >= 0.6 is 11.3 Å². The van der Waals surface area contributed by atoms with Gasteiger partial charge in [-0.1, -0.05) is 11.3 Å². The number of piperidine rings is 1. The van der Waals surface area contributed by atoms with E-state index in [-0.39, 0.29) is 11.9 Å². The molecule has 0 aromatic carbocycles. The summed E-state index contributed by atoms with van der Waals surface area (Å²) >= 11 is 1.37. The van der Waals surface area contributed by atoms with Crippen molar-refractivity contribution in [2.75, 3.05) is 50.0 Å². The number of nitrogens with two attached hydrogens (primary N) is 1. The molecule has 2 aliphatic rings. The molecule has 2 aliphatic heterocycles. The number of nitrogen functional groups attached to an aromatic ring is 1. The maximum Gasteiger partial charge on any atom is 0.265 e. The molecule has 2 fully saturated rings. The van der Waals surface area contributed by atoms with E-state index in [9.17, 15) is 4.79 Å². The van der Waals surface area contributed by atoms with Crippen LogP contribution < -0.4 is 21.3 Å². The van der Waals surface area contributed by atoms with Gasteiger partial charge in [-0.15, -0.1) is 0 Å². The third-order valence-electron chi connectivity index (χ3n) is 3.80. The molecule has 1 aromatic rings. The Morgan fingerprint density at radius 3 is 2.81 bits per heavy atom. The van der Waals surface area contributed by atoms with Gasteiger partial charge in [-0.2, -0.15) is 0 Å². The third kappa shape index (κ3) is 3.45. The van der Waals surface area contributed by atoms with Gasteiger partial charge >= 0.3 is 0 Å². The molecule has 4 N–H and O–H groups in total. The van der Waals surface area contributed by atoms with Gasteiger partial charge in [-0.3, -0.25) is 4.79 Å². The van der Waals surface area contributed by atoms with Crippen LogP contribution in [-0.2, 0) is 4.74 Å². The standard InChI is InChI=1S/C13H21N5O2S/c14-11-10(12(19)16-9-1-3-15-4-2-9)21-13(17-11)18-5-7-20-8-6-18/h9,15H,1-8,14H2,(H,16,19). The summed E-state index contributed by atoms with van der Waals surface area (Å²) in [6, 6.07) is 0.229. The number of rotatable bonds is 3. The first kappa shape index (κ1) is 14.6. The van der Waals surface area contributed by atoms with E-state index in [0.717, 1.165) is 44.2 Å². The molecule has 8 heteroatoms. The van der Waals surface area contributed by atoms with Gasteiger partial charge in [-0.05, 0) is 25.9 Å². The molecule has 0 saturated carbocycles. The van der Waals surface area contributed by atoms with E-state index in [1.54, 1.807) is 0 Å². The molecule has 116 valence electrons. The van der Waals surface area contributed by atoms with Crippen LogP contribution in [0.25, 0.3) is 0 Å². The molecule has 1 amide bonds. The summed E-state index contributed by atoms with van der Waals surface area (Å²) in [5, 5.41) is 7.15. The number of hydrogen-bond donors (Lipinski definition) is 3. The molecular formula is C13H21N5O2S. The predicted molar refractivity (Wildman–Crippen MR) is 82.9 cm³/mol. The summed E-state index contributed by atoms with van der Waals surface area (Å²) < 4.78 is 5.32. The predicted octanol–water partition coefficient (Wildman–Crippen LogP) is 0.0437. The SMILES string of the molecule is Nc1nc(N2CCOCC2)sc1C(=O)NC1CCNCC1. The molecular weight excluding hydrogens is 290 g/mol. The number of hydrogen-bond acceptors (Lipinski definition) is 7. The molecule has 3 heterocycles. The lowest BCUT2D eigenvalue weighted by Gasteiger charge is -2.26. The average molecular weight is 311 g/mol. The first-order valence-corrected chi connectivity index (χ1v) is 8.16. The van der Waals surface area contributed by atoms with E-state index in [2.05, 4.69) is 20.5 Å². The van der Waals surface area contributed by atoms with Crippen LogP contribution in [0, 0.1) is 0 Å².